The summed E-state index contributed by atoms with van der Waals surface area (Å²) in [4.78, 5) is 8.95. The highest BCUT2D eigenvalue weighted by Crippen LogP contribution is 2.45. The van der Waals surface area contributed by atoms with E-state index in [-0.39, 0.29) is 0 Å². The molecule has 0 atom stereocenters. The third-order valence-electron chi connectivity index (χ3n) is 7.59. The van der Waals surface area contributed by atoms with Crippen LogP contribution in [0.25, 0.3) is 38.2 Å². The molecule has 0 aliphatic rings. The van der Waals surface area contributed by atoms with Crippen LogP contribution in [0, 0.1) is 0 Å². The van der Waals surface area contributed by atoms with Gasteiger partial charge in [-0.1, -0.05) is 122 Å². The van der Waals surface area contributed by atoms with Crippen molar-refractivity contribution in [2.45, 2.75) is 0 Å². The predicted octanol–water partition coefficient (Wildman–Crippen LogP) is 8.27. The molecule has 0 aliphatic heterocycles. The molecule has 0 spiro atoms. The van der Waals surface area contributed by atoms with E-state index in [1.807, 2.05) is 30.9 Å². The molecule has 3 heteroatoms. The van der Waals surface area contributed by atoms with Crippen molar-refractivity contribution in [1.29, 1.82) is 0 Å². The minimum absolute atomic E-state index is 0.871. The molecule has 41 heavy (non-hydrogen) atoms. The Kier molecular flexibility index (Phi) is 6.69. The van der Waals surface area contributed by atoms with Gasteiger partial charge in [0, 0.05) is 35.6 Å². The first-order valence-electron chi connectivity index (χ1n) is 13.7. The van der Waals surface area contributed by atoms with Crippen molar-refractivity contribution in [3.8, 4) is 11.1 Å². The van der Waals surface area contributed by atoms with E-state index in [1.54, 1.807) is 0 Å². The van der Waals surface area contributed by atoms with Gasteiger partial charge in [-0.3, -0.25) is 9.97 Å². The minimum atomic E-state index is -0.871. The maximum atomic E-state index is 4.64. The second-order valence-corrected chi connectivity index (χ2v) is 12.2. The van der Waals surface area contributed by atoms with E-state index in [9.17, 15) is 0 Å². The Labute approximate surface area is 241 Å². The summed E-state index contributed by atoms with van der Waals surface area (Å²) >= 11 is 0. The molecule has 2 heterocycles. The normalized spacial score (nSPS) is 11.2. The van der Waals surface area contributed by atoms with Crippen LogP contribution >= 0.6 is 7.92 Å². The fraction of sp³-hybridized carbons (Fsp3) is 0. The number of nitrogens with zero attached hydrogens (tertiary/aromatic N) is 2. The van der Waals surface area contributed by atoms with E-state index >= 15 is 0 Å². The lowest BCUT2D eigenvalue weighted by Gasteiger charge is -2.26. The van der Waals surface area contributed by atoms with Crippen molar-refractivity contribution in [2.75, 3.05) is 0 Å². The Balaban J connectivity index is 1.62. The van der Waals surface area contributed by atoms with E-state index in [1.165, 1.54) is 32.4 Å². The second-order valence-electron chi connectivity index (χ2n) is 9.99. The summed E-state index contributed by atoms with van der Waals surface area (Å²) in [6.07, 6.45) is 7.72. The van der Waals surface area contributed by atoms with Gasteiger partial charge in [0.05, 0.1) is 0 Å². The molecule has 0 aliphatic carbocycles. The molecule has 194 valence electrons. The summed E-state index contributed by atoms with van der Waals surface area (Å²) in [5.41, 5.74) is 5.65. The van der Waals surface area contributed by atoms with Crippen LogP contribution in [0.5, 0.6) is 0 Å². The Morgan fingerprint density at radius 1 is 0.512 bits per heavy atom. The van der Waals surface area contributed by atoms with Crippen LogP contribution in [0.15, 0.2) is 159 Å². The molecule has 0 unspecified atom stereocenters. The van der Waals surface area contributed by atoms with Gasteiger partial charge in [0.15, 0.2) is 0 Å². The number of hydrogen-bond donors (Lipinski definition) is 0. The highest BCUT2D eigenvalue weighted by molar-refractivity contribution is 7.80. The quantitative estimate of drug-likeness (QED) is 0.198. The van der Waals surface area contributed by atoms with Crippen LogP contribution in [0.3, 0.4) is 0 Å². The van der Waals surface area contributed by atoms with E-state index < -0.39 is 7.92 Å². The lowest BCUT2D eigenvalue weighted by Crippen LogP contribution is -2.22. The highest BCUT2D eigenvalue weighted by atomic mass is 31.1. The standard InChI is InChI=1S/C38H27N2P/c1-27(28-11-5-2-6-12-28)33-19-17-29-25-39-23-21-34(29)37(33)38-35-22-24-40-26-30(35)18-20-36(38)41(31-13-7-3-8-14-31)32-15-9-4-10-16-32/h2-26H,1H2. The van der Waals surface area contributed by atoms with Crippen molar-refractivity contribution in [1.82, 2.24) is 9.97 Å². The number of fused-ring (bicyclic) bond motifs is 2. The van der Waals surface area contributed by atoms with Gasteiger partial charge in [0.1, 0.15) is 0 Å². The van der Waals surface area contributed by atoms with Crippen LogP contribution in [-0.4, -0.2) is 9.97 Å². The maximum absolute atomic E-state index is 4.64. The van der Waals surface area contributed by atoms with Crippen LogP contribution in [0.2, 0.25) is 0 Å². The van der Waals surface area contributed by atoms with E-state index in [0.717, 1.165) is 32.9 Å². The van der Waals surface area contributed by atoms with Crippen LogP contribution in [0.4, 0.5) is 0 Å². The van der Waals surface area contributed by atoms with Gasteiger partial charge >= 0.3 is 0 Å². The van der Waals surface area contributed by atoms with E-state index in [0.29, 0.717) is 0 Å². The molecule has 0 saturated heterocycles. The zero-order valence-electron chi connectivity index (χ0n) is 22.5. The van der Waals surface area contributed by atoms with Crippen molar-refractivity contribution < 1.29 is 0 Å². The molecule has 0 bridgehead atoms. The van der Waals surface area contributed by atoms with Crippen LogP contribution in [0.1, 0.15) is 11.1 Å². The average Bonchev–Trinajstić information content (AvgIpc) is 3.05. The van der Waals surface area contributed by atoms with Gasteiger partial charge in [0.25, 0.3) is 0 Å². The summed E-state index contributed by atoms with van der Waals surface area (Å²) in [6, 6.07) is 45.5. The molecule has 5 aromatic carbocycles. The first-order chi connectivity index (χ1) is 20.3. The lowest BCUT2D eigenvalue weighted by molar-refractivity contribution is 1.36. The summed E-state index contributed by atoms with van der Waals surface area (Å²) in [7, 11) is -0.871. The Morgan fingerprint density at radius 2 is 1.02 bits per heavy atom. The Morgan fingerprint density at radius 3 is 1.61 bits per heavy atom. The molecule has 2 aromatic heterocycles. The smallest absolute Gasteiger partial charge is 0.0346 e. The summed E-state index contributed by atoms with van der Waals surface area (Å²) in [6.45, 7) is 4.64. The predicted molar refractivity (Wildman–Crippen MR) is 176 cm³/mol. The molecule has 0 N–H and O–H groups in total. The minimum Gasteiger partial charge on any atom is -0.264 e. The number of aromatic nitrogens is 2. The van der Waals surface area contributed by atoms with Gasteiger partial charge in [-0.25, -0.2) is 0 Å². The topological polar surface area (TPSA) is 25.8 Å². The molecule has 0 radical (unpaired) electrons. The largest absolute Gasteiger partial charge is 0.264 e. The van der Waals surface area contributed by atoms with Crippen molar-refractivity contribution in [3.63, 3.8) is 0 Å². The molecule has 0 saturated carbocycles. The molecule has 7 rings (SSSR count). The molecule has 0 amide bonds. The van der Waals surface area contributed by atoms with Crippen molar-refractivity contribution >= 4 is 51.0 Å². The first kappa shape index (κ1) is 25.1. The van der Waals surface area contributed by atoms with Crippen molar-refractivity contribution in [2.24, 2.45) is 0 Å². The van der Waals surface area contributed by atoms with Gasteiger partial charge in [-0.2, -0.15) is 0 Å². The van der Waals surface area contributed by atoms with E-state index in [4.69, 9.17) is 0 Å². The fourth-order valence-electron chi connectivity index (χ4n) is 5.67. The number of rotatable bonds is 6. The summed E-state index contributed by atoms with van der Waals surface area (Å²) in [5.74, 6) is 0. The van der Waals surface area contributed by atoms with Gasteiger partial charge in [-0.05, 0) is 74.6 Å². The number of pyridine rings is 2. The first-order valence-corrected chi connectivity index (χ1v) is 15.0. The Bertz CT molecular complexity index is 1960. The maximum Gasteiger partial charge on any atom is 0.0346 e. The third kappa shape index (κ3) is 4.63. The number of benzene rings is 5. The van der Waals surface area contributed by atoms with Crippen LogP contribution < -0.4 is 15.9 Å². The molecular weight excluding hydrogens is 515 g/mol. The van der Waals surface area contributed by atoms with Gasteiger partial charge in [-0.15, -0.1) is 0 Å². The summed E-state index contributed by atoms with van der Waals surface area (Å²) in [5, 5.41) is 8.50. The molecule has 2 nitrogen and oxygen atoms in total. The fourth-order valence-corrected chi connectivity index (χ4v) is 8.15. The number of hydrogen-bond acceptors (Lipinski definition) is 2. The third-order valence-corrected chi connectivity index (χ3v) is 10.1. The van der Waals surface area contributed by atoms with E-state index in [2.05, 4.69) is 138 Å². The zero-order chi connectivity index (χ0) is 27.6. The molecule has 0 fully saturated rings. The monoisotopic (exact) mass is 542 g/mol. The van der Waals surface area contributed by atoms with Crippen molar-refractivity contribution in [3.05, 3.63) is 170 Å². The lowest BCUT2D eigenvalue weighted by atomic mass is 9.86. The SMILES string of the molecule is C=C(c1ccccc1)c1ccc2cnccc2c1-c1c(P(c2ccccc2)c2ccccc2)ccc2cnccc12. The van der Waals surface area contributed by atoms with Gasteiger partial charge < -0.3 is 0 Å². The molecule has 7 aromatic rings. The zero-order valence-corrected chi connectivity index (χ0v) is 23.4. The molecular formula is C38H27N2P. The highest BCUT2D eigenvalue weighted by Gasteiger charge is 2.25. The second kappa shape index (κ2) is 10.9. The Hall–Kier alpha value is -4.91. The van der Waals surface area contributed by atoms with Gasteiger partial charge in [0.2, 0.25) is 0 Å². The average molecular weight is 543 g/mol. The van der Waals surface area contributed by atoms with Crippen LogP contribution in [-0.2, 0) is 0 Å². The summed E-state index contributed by atoms with van der Waals surface area (Å²) < 4.78 is 0.